The second-order valence-electron chi connectivity index (χ2n) is 4.43. The van der Waals surface area contributed by atoms with Crippen molar-refractivity contribution in [2.75, 3.05) is 26.2 Å². The molecule has 94 valence electrons. The first-order valence-corrected chi connectivity index (χ1v) is 6.10. The number of halogens is 1. The van der Waals surface area contributed by atoms with Crippen molar-refractivity contribution in [2.24, 2.45) is 0 Å². The van der Waals surface area contributed by atoms with Gasteiger partial charge in [-0.1, -0.05) is 18.2 Å². The molecule has 17 heavy (non-hydrogen) atoms. The molecule has 0 unspecified atom stereocenters. The van der Waals surface area contributed by atoms with E-state index in [1.165, 1.54) is 6.07 Å². The van der Waals surface area contributed by atoms with Gasteiger partial charge in [0, 0.05) is 44.4 Å². The first-order chi connectivity index (χ1) is 8.31. The van der Waals surface area contributed by atoms with Gasteiger partial charge in [-0.15, -0.1) is 0 Å². The number of aliphatic hydroxyl groups excluding tert-OH is 1. The van der Waals surface area contributed by atoms with Crippen LogP contribution in [0, 0.1) is 5.82 Å². The maximum atomic E-state index is 13.6. The standard InChI is InChI=1S/C13H19FN2O/c14-13-4-2-1-3-11(13)10-16-7-6-15-9-12(16)5-8-17/h1-4,12,15,17H,5-10H2/t12-/m1/s1. The number of benzene rings is 1. The molecular formula is C13H19FN2O. The number of nitrogens with zero attached hydrogens (tertiary/aromatic N) is 1. The highest BCUT2D eigenvalue weighted by atomic mass is 19.1. The summed E-state index contributed by atoms with van der Waals surface area (Å²) in [4.78, 5) is 2.24. The van der Waals surface area contributed by atoms with E-state index in [1.54, 1.807) is 6.07 Å². The van der Waals surface area contributed by atoms with Crippen LogP contribution in [0.1, 0.15) is 12.0 Å². The fraction of sp³-hybridized carbons (Fsp3) is 0.538. The molecule has 0 spiro atoms. The zero-order chi connectivity index (χ0) is 12.1. The van der Waals surface area contributed by atoms with Gasteiger partial charge in [0.25, 0.3) is 0 Å². The highest BCUT2D eigenvalue weighted by Crippen LogP contribution is 2.14. The topological polar surface area (TPSA) is 35.5 Å². The van der Waals surface area contributed by atoms with Gasteiger partial charge in [0.2, 0.25) is 0 Å². The number of hydrogen-bond acceptors (Lipinski definition) is 3. The highest BCUT2D eigenvalue weighted by molar-refractivity contribution is 5.17. The van der Waals surface area contributed by atoms with E-state index in [2.05, 4.69) is 10.2 Å². The first-order valence-electron chi connectivity index (χ1n) is 6.10. The van der Waals surface area contributed by atoms with E-state index < -0.39 is 0 Å². The van der Waals surface area contributed by atoms with E-state index >= 15 is 0 Å². The Morgan fingerprint density at radius 3 is 3.00 bits per heavy atom. The average molecular weight is 238 g/mol. The number of aliphatic hydroxyl groups is 1. The number of nitrogens with one attached hydrogen (secondary N) is 1. The lowest BCUT2D eigenvalue weighted by molar-refractivity contribution is 0.122. The molecular weight excluding hydrogens is 219 g/mol. The van der Waals surface area contributed by atoms with E-state index in [0.717, 1.165) is 31.6 Å². The predicted molar refractivity (Wildman–Crippen MR) is 65.2 cm³/mol. The van der Waals surface area contributed by atoms with Gasteiger partial charge in [-0.3, -0.25) is 4.90 Å². The van der Waals surface area contributed by atoms with Gasteiger partial charge in [-0.25, -0.2) is 4.39 Å². The van der Waals surface area contributed by atoms with Crippen molar-refractivity contribution in [1.82, 2.24) is 10.2 Å². The Morgan fingerprint density at radius 2 is 2.24 bits per heavy atom. The van der Waals surface area contributed by atoms with Crippen molar-refractivity contribution in [2.45, 2.75) is 19.0 Å². The van der Waals surface area contributed by atoms with Crippen LogP contribution in [0.15, 0.2) is 24.3 Å². The second kappa shape index (κ2) is 6.10. The molecule has 0 saturated carbocycles. The van der Waals surface area contributed by atoms with Crippen molar-refractivity contribution in [1.29, 1.82) is 0 Å². The van der Waals surface area contributed by atoms with Gasteiger partial charge in [-0.2, -0.15) is 0 Å². The van der Waals surface area contributed by atoms with Crippen LogP contribution in [0.3, 0.4) is 0 Å². The SMILES string of the molecule is OCC[C@@H]1CNCCN1Cc1ccccc1F. The summed E-state index contributed by atoms with van der Waals surface area (Å²) in [5, 5.41) is 12.3. The van der Waals surface area contributed by atoms with Gasteiger partial charge >= 0.3 is 0 Å². The van der Waals surface area contributed by atoms with E-state index in [0.29, 0.717) is 12.6 Å². The van der Waals surface area contributed by atoms with E-state index in [4.69, 9.17) is 5.11 Å². The zero-order valence-electron chi connectivity index (χ0n) is 9.90. The normalized spacial score (nSPS) is 21.6. The molecule has 1 heterocycles. The maximum Gasteiger partial charge on any atom is 0.127 e. The van der Waals surface area contributed by atoms with Crippen molar-refractivity contribution >= 4 is 0 Å². The van der Waals surface area contributed by atoms with Gasteiger partial charge in [0.05, 0.1) is 0 Å². The highest BCUT2D eigenvalue weighted by Gasteiger charge is 2.22. The minimum Gasteiger partial charge on any atom is -0.396 e. The van der Waals surface area contributed by atoms with Crippen LogP contribution in [0.2, 0.25) is 0 Å². The lowest BCUT2D eigenvalue weighted by Crippen LogP contribution is -2.51. The Kier molecular flexibility index (Phi) is 4.48. The molecule has 4 heteroatoms. The third kappa shape index (κ3) is 3.25. The molecule has 0 aromatic heterocycles. The van der Waals surface area contributed by atoms with Gasteiger partial charge in [-0.05, 0) is 12.5 Å². The van der Waals surface area contributed by atoms with Gasteiger partial charge in [0.1, 0.15) is 5.82 Å². The van der Waals surface area contributed by atoms with E-state index in [-0.39, 0.29) is 12.4 Å². The van der Waals surface area contributed by atoms with Gasteiger partial charge < -0.3 is 10.4 Å². The van der Waals surface area contributed by atoms with Crippen LogP contribution in [0.25, 0.3) is 0 Å². The molecule has 3 nitrogen and oxygen atoms in total. The summed E-state index contributed by atoms with van der Waals surface area (Å²) in [5.74, 6) is -0.145. The quantitative estimate of drug-likeness (QED) is 0.821. The van der Waals surface area contributed by atoms with Crippen LogP contribution in [-0.2, 0) is 6.54 Å². The maximum absolute atomic E-state index is 13.6. The summed E-state index contributed by atoms with van der Waals surface area (Å²) in [5.41, 5.74) is 0.734. The molecule has 0 radical (unpaired) electrons. The zero-order valence-corrected chi connectivity index (χ0v) is 9.90. The fourth-order valence-electron chi connectivity index (χ4n) is 2.29. The summed E-state index contributed by atoms with van der Waals surface area (Å²) in [6.07, 6.45) is 0.738. The Labute approximate surface area is 101 Å². The van der Waals surface area contributed by atoms with Crippen LogP contribution in [0.4, 0.5) is 4.39 Å². The molecule has 1 aliphatic rings. The monoisotopic (exact) mass is 238 g/mol. The lowest BCUT2D eigenvalue weighted by atomic mass is 10.1. The van der Waals surface area contributed by atoms with Gasteiger partial charge in [0.15, 0.2) is 0 Å². The Balaban J connectivity index is 2.03. The number of rotatable bonds is 4. The molecule has 2 rings (SSSR count). The third-order valence-corrected chi connectivity index (χ3v) is 3.27. The number of piperazine rings is 1. The molecule has 1 saturated heterocycles. The average Bonchev–Trinajstić information content (AvgIpc) is 2.35. The Hall–Kier alpha value is -0.970. The lowest BCUT2D eigenvalue weighted by Gasteiger charge is -2.36. The van der Waals surface area contributed by atoms with Crippen LogP contribution in [-0.4, -0.2) is 42.3 Å². The van der Waals surface area contributed by atoms with Crippen molar-refractivity contribution in [3.8, 4) is 0 Å². The molecule has 1 aromatic rings. The molecule has 0 aliphatic carbocycles. The summed E-state index contributed by atoms with van der Waals surface area (Å²) in [6.45, 7) is 3.50. The smallest absolute Gasteiger partial charge is 0.127 e. The summed E-state index contributed by atoms with van der Waals surface area (Å²) in [7, 11) is 0. The van der Waals surface area contributed by atoms with Crippen molar-refractivity contribution in [3.05, 3.63) is 35.6 Å². The molecule has 0 amide bonds. The minimum absolute atomic E-state index is 0.145. The Bertz CT molecular complexity index is 357. The third-order valence-electron chi connectivity index (χ3n) is 3.27. The predicted octanol–water partition coefficient (Wildman–Crippen LogP) is 0.982. The number of hydrogen-bond donors (Lipinski definition) is 2. The molecule has 1 atom stereocenters. The second-order valence-corrected chi connectivity index (χ2v) is 4.43. The molecule has 0 bridgehead atoms. The first kappa shape index (κ1) is 12.5. The largest absolute Gasteiger partial charge is 0.396 e. The van der Waals surface area contributed by atoms with Crippen LogP contribution >= 0.6 is 0 Å². The molecule has 1 aliphatic heterocycles. The molecule has 1 aromatic carbocycles. The Morgan fingerprint density at radius 1 is 1.41 bits per heavy atom. The summed E-state index contributed by atoms with van der Waals surface area (Å²) < 4.78 is 13.6. The van der Waals surface area contributed by atoms with E-state index in [1.807, 2.05) is 12.1 Å². The van der Waals surface area contributed by atoms with E-state index in [9.17, 15) is 4.39 Å². The van der Waals surface area contributed by atoms with Crippen molar-refractivity contribution < 1.29 is 9.50 Å². The van der Waals surface area contributed by atoms with Crippen LogP contribution < -0.4 is 5.32 Å². The fourth-order valence-corrected chi connectivity index (χ4v) is 2.29. The molecule has 1 fully saturated rings. The summed E-state index contributed by atoms with van der Waals surface area (Å²) >= 11 is 0. The molecule has 2 N–H and O–H groups in total. The van der Waals surface area contributed by atoms with Crippen molar-refractivity contribution in [3.63, 3.8) is 0 Å². The summed E-state index contributed by atoms with van der Waals surface area (Å²) in [6, 6.07) is 7.20. The minimum atomic E-state index is -0.145. The van der Waals surface area contributed by atoms with Crippen LogP contribution in [0.5, 0.6) is 0 Å².